The van der Waals surface area contributed by atoms with Crippen LogP contribution in [-0.4, -0.2) is 4.98 Å². The first-order chi connectivity index (χ1) is 4.33. The van der Waals surface area contributed by atoms with Crippen molar-refractivity contribution >= 4 is 0 Å². The molecule has 0 bridgehead atoms. The maximum atomic E-state index is 7.01. The van der Waals surface area contributed by atoms with Crippen molar-refractivity contribution < 1.29 is 0 Å². The fraction of sp³-hybridized carbons (Fsp3) is 0.286. The van der Waals surface area contributed by atoms with Crippen LogP contribution in [0.25, 0.3) is 0 Å². The summed E-state index contributed by atoms with van der Waals surface area (Å²) in [7, 11) is 0. The fourth-order valence-electron chi connectivity index (χ4n) is 0.714. The molecule has 0 saturated heterocycles. The Balaban J connectivity index is 2.94. The van der Waals surface area contributed by atoms with E-state index < -0.39 is 0 Å². The normalized spacial score (nSPS) is 9.56. The van der Waals surface area contributed by atoms with Crippen molar-refractivity contribution in [3.8, 4) is 0 Å². The van der Waals surface area contributed by atoms with Crippen LogP contribution in [0, 0.1) is 6.92 Å². The average Bonchev–Trinajstić information content (AvgIpc) is 1.88. The second-order valence-electron chi connectivity index (χ2n) is 1.98. The summed E-state index contributed by atoms with van der Waals surface area (Å²) in [4.78, 5) is 4.00. The first-order valence-corrected chi connectivity index (χ1v) is 2.89. The molecule has 1 N–H and O–H groups in total. The van der Waals surface area contributed by atoms with Gasteiger partial charge in [0.25, 0.3) is 0 Å². The molecule has 47 valence electrons. The van der Waals surface area contributed by atoms with Crippen molar-refractivity contribution in [2.24, 2.45) is 0 Å². The van der Waals surface area contributed by atoms with Crippen LogP contribution in [0.3, 0.4) is 0 Å². The molecule has 0 fully saturated rings. The Bertz CT molecular complexity index is 196. The molecule has 0 spiro atoms. The molecule has 0 aliphatic carbocycles. The van der Waals surface area contributed by atoms with Gasteiger partial charge in [0.15, 0.2) is 0 Å². The van der Waals surface area contributed by atoms with E-state index in [2.05, 4.69) is 4.98 Å². The Morgan fingerprint density at radius 3 is 2.89 bits per heavy atom. The molecule has 0 aromatic carbocycles. The Hall–Kier alpha value is -0.890. The van der Waals surface area contributed by atoms with E-state index >= 15 is 0 Å². The van der Waals surface area contributed by atoms with Crippen molar-refractivity contribution in [3.63, 3.8) is 0 Å². The van der Waals surface area contributed by atoms with Gasteiger partial charge in [-0.2, -0.15) is 0 Å². The largest absolute Gasteiger partial charge is 0.262 e. The number of aromatic nitrogens is 1. The van der Waals surface area contributed by atoms with Gasteiger partial charge in [0, 0.05) is 18.4 Å². The lowest BCUT2D eigenvalue weighted by Gasteiger charge is -1.94. The molecule has 1 radical (unpaired) electrons. The van der Waals surface area contributed by atoms with E-state index in [1.807, 2.05) is 19.1 Å². The van der Waals surface area contributed by atoms with Gasteiger partial charge in [-0.3, -0.25) is 10.7 Å². The summed E-state index contributed by atoms with van der Waals surface area (Å²) in [5.74, 6) is 0. The zero-order chi connectivity index (χ0) is 6.69. The predicted octanol–water partition coefficient (Wildman–Crippen LogP) is 1.17. The number of pyridine rings is 1. The standard InChI is InChI=1S/C7H9N2/c1-6-4-7(5-8)2-3-9-6/h2-4,8H,5H2,1H3. The van der Waals surface area contributed by atoms with E-state index in [-0.39, 0.29) is 0 Å². The van der Waals surface area contributed by atoms with Crippen LogP contribution in [0.1, 0.15) is 11.3 Å². The highest BCUT2D eigenvalue weighted by Gasteiger charge is 1.87. The van der Waals surface area contributed by atoms with Gasteiger partial charge in [-0.1, -0.05) is 0 Å². The van der Waals surface area contributed by atoms with Crippen LogP contribution in [0.15, 0.2) is 18.3 Å². The van der Waals surface area contributed by atoms with Gasteiger partial charge in [-0.15, -0.1) is 0 Å². The third kappa shape index (κ3) is 1.50. The number of nitrogens with one attached hydrogen (secondary N) is 1. The van der Waals surface area contributed by atoms with Crippen molar-refractivity contribution in [2.75, 3.05) is 0 Å². The summed E-state index contributed by atoms with van der Waals surface area (Å²) in [6, 6.07) is 3.78. The average molecular weight is 121 g/mol. The van der Waals surface area contributed by atoms with E-state index in [0.717, 1.165) is 11.3 Å². The number of nitrogens with zero attached hydrogens (tertiary/aromatic N) is 1. The Kier molecular flexibility index (Phi) is 1.80. The van der Waals surface area contributed by atoms with E-state index in [4.69, 9.17) is 5.73 Å². The van der Waals surface area contributed by atoms with Crippen LogP contribution in [0.5, 0.6) is 0 Å². The maximum absolute atomic E-state index is 7.01. The van der Waals surface area contributed by atoms with Gasteiger partial charge in [-0.25, -0.2) is 0 Å². The molecule has 1 aromatic heterocycles. The molecule has 0 amide bonds. The minimum atomic E-state index is 0.351. The summed E-state index contributed by atoms with van der Waals surface area (Å²) < 4.78 is 0. The summed E-state index contributed by atoms with van der Waals surface area (Å²) in [6.07, 6.45) is 1.74. The Morgan fingerprint density at radius 1 is 1.67 bits per heavy atom. The highest BCUT2D eigenvalue weighted by atomic mass is 14.7. The molecule has 0 atom stereocenters. The predicted molar refractivity (Wildman–Crippen MR) is 35.8 cm³/mol. The van der Waals surface area contributed by atoms with Crippen molar-refractivity contribution in [1.29, 1.82) is 0 Å². The fourth-order valence-corrected chi connectivity index (χ4v) is 0.714. The van der Waals surface area contributed by atoms with Crippen molar-refractivity contribution in [2.45, 2.75) is 13.5 Å². The molecule has 2 nitrogen and oxygen atoms in total. The first-order valence-electron chi connectivity index (χ1n) is 2.89. The lowest BCUT2D eigenvalue weighted by atomic mass is 10.2. The van der Waals surface area contributed by atoms with Crippen LogP contribution >= 0.6 is 0 Å². The lowest BCUT2D eigenvalue weighted by Crippen LogP contribution is -1.86. The van der Waals surface area contributed by atoms with E-state index in [1.165, 1.54) is 0 Å². The Labute approximate surface area is 54.7 Å². The van der Waals surface area contributed by atoms with Crippen molar-refractivity contribution in [3.05, 3.63) is 29.6 Å². The summed E-state index contributed by atoms with van der Waals surface area (Å²) >= 11 is 0. The van der Waals surface area contributed by atoms with Crippen LogP contribution in [-0.2, 0) is 6.54 Å². The smallest absolute Gasteiger partial charge is 0.0375 e. The SMILES string of the molecule is Cc1cc(C[NH])ccn1. The third-order valence-electron chi connectivity index (χ3n) is 1.17. The molecular formula is C7H9N2. The molecular weight excluding hydrogens is 112 g/mol. The van der Waals surface area contributed by atoms with Crippen LogP contribution in [0.2, 0.25) is 0 Å². The second-order valence-corrected chi connectivity index (χ2v) is 1.98. The summed E-state index contributed by atoms with van der Waals surface area (Å²) in [5.41, 5.74) is 9.03. The van der Waals surface area contributed by atoms with Crippen molar-refractivity contribution in [1.82, 2.24) is 10.7 Å². The van der Waals surface area contributed by atoms with Gasteiger partial charge in [-0.05, 0) is 24.6 Å². The number of hydrogen-bond acceptors (Lipinski definition) is 1. The van der Waals surface area contributed by atoms with E-state index in [9.17, 15) is 0 Å². The van der Waals surface area contributed by atoms with Gasteiger partial charge >= 0.3 is 0 Å². The first kappa shape index (κ1) is 6.23. The summed E-state index contributed by atoms with van der Waals surface area (Å²) in [5, 5.41) is 0. The minimum absolute atomic E-state index is 0.351. The quantitative estimate of drug-likeness (QED) is 0.549. The monoisotopic (exact) mass is 121 g/mol. The molecule has 0 unspecified atom stereocenters. The Morgan fingerprint density at radius 2 is 2.44 bits per heavy atom. The number of rotatable bonds is 1. The molecule has 1 rings (SSSR count). The zero-order valence-corrected chi connectivity index (χ0v) is 5.39. The summed E-state index contributed by atoms with van der Waals surface area (Å²) in [6.45, 7) is 2.28. The van der Waals surface area contributed by atoms with E-state index in [1.54, 1.807) is 6.20 Å². The second kappa shape index (κ2) is 2.60. The van der Waals surface area contributed by atoms with E-state index in [0.29, 0.717) is 6.54 Å². The minimum Gasteiger partial charge on any atom is -0.262 e. The van der Waals surface area contributed by atoms with Crippen LogP contribution < -0.4 is 5.73 Å². The van der Waals surface area contributed by atoms with Crippen LogP contribution in [0.4, 0.5) is 0 Å². The highest BCUT2D eigenvalue weighted by molar-refractivity contribution is 5.14. The molecule has 1 aromatic rings. The highest BCUT2D eigenvalue weighted by Crippen LogP contribution is 1.98. The van der Waals surface area contributed by atoms with Gasteiger partial charge in [0.05, 0.1) is 0 Å². The molecule has 0 aliphatic rings. The molecule has 2 heteroatoms. The van der Waals surface area contributed by atoms with Gasteiger partial charge in [0.2, 0.25) is 0 Å². The number of hydrogen-bond donors (Lipinski definition) is 0. The van der Waals surface area contributed by atoms with Gasteiger partial charge < -0.3 is 0 Å². The molecule has 1 heterocycles. The zero-order valence-electron chi connectivity index (χ0n) is 5.39. The topological polar surface area (TPSA) is 36.7 Å². The third-order valence-corrected chi connectivity index (χ3v) is 1.17. The number of aryl methyl sites for hydroxylation is 1. The lowest BCUT2D eigenvalue weighted by molar-refractivity contribution is 1.01. The molecule has 0 saturated carbocycles. The van der Waals surface area contributed by atoms with Gasteiger partial charge in [0.1, 0.15) is 0 Å². The molecule has 0 aliphatic heterocycles. The maximum Gasteiger partial charge on any atom is 0.0375 e. The molecule has 9 heavy (non-hydrogen) atoms.